The first-order valence-corrected chi connectivity index (χ1v) is 12.7. The quantitative estimate of drug-likeness (QED) is 0.569. The van der Waals surface area contributed by atoms with Crippen LogP contribution in [0.3, 0.4) is 0 Å². The Balaban J connectivity index is 0.000000248. The molecule has 2 aromatic carbocycles. The summed E-state index contributed by atoms with van der Waals surface area (Å²) in [5, 5.41) is 22.5. The largest absolute Gasteiger partial charge is 0.508 e. The van der Waals surface area contributed by atoms with Gasteiger partial charge in [-0.15, -0.1) is 0 Å². The van der Waals surface area contributed by atoms with Gasteiger partial charge in [0.2, 0.25) is 5.91 Å². The van der Waals surface area contributed by atoms with E-state index in [1.807, 2.05) is 26.8 Å². The normalized spacial score (nSPS) is 22.1. The number of benzene rings is 2. The number of rotatable bonds is 3. The van der Waals surface area contributed by atoms with Gasteiger partial charge in [-0.05, 0) is 80.8 Å². The van der Waals surface area contributed by atoms with Gasteiger partial charge in [-0.1, -0.05) is 23.8 Å². The summed E-state index contributed by atoms with van der Waals surface area (Å²) in [6, 6.07) is 11.4. The zero-order valence-corrected chi connectivity index (χ0v) is 20.5. The number of nitrogens with one attached hydrogen (secondary N) is 1. The third kappa shape index (κ3) is 5.76. The van der Waals surface area contributed by atoms with Crippen LogP contribution >= 0.6 is 0 Å². The van der Waals surface area contributed by atoms with Crippen LogP contribution < -0.4 is 5.32 Å². The number of hydrogen-bond donors (Lipinski definition) is 3. The second-order valence-corrected chi connectivity index (χ2v) is 10.4. The maximum Gasteiger partial charge on any atom is 0.294 e. The van der Waals surface area contributed by atoms with Crippen LogP contribution in [0.1, 0.15) is 47.4 Å². The van der Waals surface area contributed by atoms with Crippen molar-refractivity contribution in [2.45, 2.75) is 62.9 Å². The molecule has 0 bridgehead atoms. The van der Waals surface area contributed by atoms with Crippen molar-refractivity contribution in [3.8, 4) is 11.8 Å². The number of nitrogens with zero attached hydrogens (tertiary/aromatic N) is 2. The van der Waals surface area contributed by atoms with Gasteiger partial charge in [0.05, 0.1) is 17.0 Å². The highest BCUT2D eigenvalue weighted by Crippen LogP contribution is 2.35. The minimum absolute atomic E-state index is 0.0482. The number of likely N-dealkylation sites (tertiary alicyclic amines) is 1. The summed E-state index contributed by atoms with van der Waals surface area (Å²) < 4.78 is 29.6. The maximum absolute atomic E-state index is 12.7. The van der Waals surface area contributed by atoms with Crippen molar-refractivity contribution in [3.05, 3.63) is 58.7 Å². The van der Waals surface area contributed by atoms with Crippen molar-refractivity contribution < 1.29 is 22.9 Å². The van der Waals surface area contributed by atoms with E-state index in [2.05, 4.69) is 11.4 Å². The molecule has 182 valence electrons. The average Bonchev–Trinajstić information content (AvgIpc) is 3.46. The number of carbonyl (C=O) groups is 1. The Morgan fingerprint density at radius 2 is 1.82 bits per heavy atom. The molecule has 2 heterocycles. The summed E-state index contributed by atoms with van der Waals surface area (Å²) in [4.78, 5) is 14.4. The van der Waals surface area contributed by atoms with Gasteiger partial charge in [-0.25, -0.2) is 0 Å². The van der Waals surface area contributed by atoms with Gasteiger partial charge in [-0.3, -0.25) is 9.35 Å². The zero-order valence-electron chi connectivity index (χ0n) is 19.7. The Morgan fingerprint density at radius 1 is 1.15 bits per heavy atom. The fraction of sp³-hybridized carbons (Fsp3) is 0.440. The van der Waals surface area contributed by atoms with E-state index in [0.29, 0.717) is 12.3 Å². The minimum Gasteiger partial charge on any atom is -0.508 e. The Hall–Kier alpha value is -2.93. The number of nitriles is 1. The lowest BCUT2D eigenvalue weighted by Crippen LogP contribution is -2.45. The van der Waals surface area contributed by atoms with Crippen molar-refractivity contribution in [1.82, 2.24) is 10.2 Å². The molecule has 0 radical (unpaired) electrons. The lowest BCUT2D eigenvalue weighted by molar-refractivity contribution is -0.133. The molecule has 3 N–H and O–H groups in total. The number of aromatic hydroxyl groups is 1. The zero-order chi connectivity index (χ0) is 25.0. The smallest absolute Gasteiger partial charge is 0.294 e. The molecule has 9 heteroatoms. The van der Waals surface area contributed by atoms with Crippen LogP contribution in [-0.4, -0.2) is 54.1 Å². The third-order valence-corrected chi connectivity index (χ3v) is 7.41. The highest BCUT2D eigenvalue weighted by atomic mass is 32.2. The monoisotopic (exact) mass is 485 g/mol. The molecule has 2 saturated heterocycles. The van der Waals surface area contributed by atoms with Gasteiger partial charge < -0.3 is 15.3 Å². The van der Waals surface area contributed by atoms with E-state index in [9.17, 15) is 18.3 Å². The van der Waals surface area contributed by atoms with Crippen molar-refractivity contribution in [2.75, 3.05) is 13.1 Å². The number of amides is 1. The van der Waals surface area contributed by atoms with Gasteiger partial charge >= 0.3 is 0 Å². The second-order valence-electron chi connectivity index (χ2n) is 8.94. The summed E-state index contributed by atoms with van der Waals surface area (Å²) in [5.74, 6) is 0.579. The van der Waals surface area contributed by atoms with E-state index in [1.165, 1.54) is 12.1 Å². The molecule has 34 heavy (non-hydrogen) atoms. The predicted molar refractivity (Wildman–Crippen MR) is 128 cm³/mol. The molecular formula is C25H31N3O5S. The van der Waals surface area contributed by atoms with Gasteiger partial charge in [0.25, 0.3) is 10.1 Å². The summed E-state index contributed by atoms with van der Waals surface area (Å²) in [6.07, 6.45) is 2.41. The first-order valence-electron chi connectivity index (χ1n) is 11.3. The highest BCUT2D eigenvalue weighted by Gasteiger charge is 2.38. The molecule has 0 unspecified atom stereocenters. The molecular weight excluding hydrogens is 454 g/mol. The first kappa shape index (κ1) is 25.7. The molecule has 3 atom stereocenters. The molecule has 2 aromatic rings. The Morgan fingerprint density at radius 3 is 2.44 bits per heavy atom. The average molecular weight is 486 g/mol. The molecule has 2 aliphatic rings. The molecule has 2 fully saturated rings. The number of hydrogen-bond acceptors (Lipinski definition) is 6. The lowest BCUT2D eigenvalue weighted by atomic mass is 9.88. The van der Waals surface area contributed by atoms with Crippen molar-refractivity contribution in [2.24, 2.45) is 0 Å². The standard InChI is InChI=1S/C18H23N3O2.C7H8O3S/c1-11-5-6-16(22)12(2)17(11)13-8-15(20-10-13)18(23)21-7-3-4-14(21)9-19;1-6-2-4-7(5-3-6)11(8,9)10/h5-6,13-15,20,22H,3-4,7-8,10H2,1-2H3;2-5H,1H3,(H,8,9,10)/t13-,14-,15-;/m0./s1. The Kier molecular flexibility index (Phi) is 7.97. The summed E-state index contributed by atoms with van der Waals surface area (Å²) in [6.45, 7) is 7.23. The lowest BCUT2D eigenvalue weighted by Gasteiger charge is -2.23. The predicted octanol–water partition coefficient (Wildman–Crippen LogP) is 3.21. The molecule has 0 saturated carbocycles. The van der Waals surface area contributed by atoms with E-state index >= 15 is 0 Å². The Labute approximate surface area is 201 Å². The molecule has 1 amide bonds. The van der Waals surface area contributed by atoms with Crippen LogP contribution in [0, 0.1) is 32.1 Å². The van der Waals surface area contributed by atoms with E-state index in [0.717, 1.165) is 48.1 Å². The van der Waals surface area contributed by atoms with Crippen molar-refractivity contribution >= 4 is 16.0 Å². The van der Waals surface area contributed by atoms with Crippen LogP contribution in [0.4, 0.5) is 0 Å². The van der Waals surface area contributed by atoms with E-state index in [1.54, 1.807) is 23.1 Å². The molecule has 0 spiro atoms. The van der Waals surface area contributed by atoms with Gasteiger partial charge in [0.1, 0.15) is 11.8 Å². The fourth-order valence-corrected chi connectivity index (χ4v) is 5.18. The number of phenolic OH excluding ortho intramolecular Hbond substituents is 1. The highest BCUT2D eigenvalue weighted by molar-refractivity contribution is 7.85. The summed E-state index contributed by atoms with van der Waals surface area (Å²) in [7, 11) is -4.02. The maximum atomic E-state index is 12.7. The molecule has 8 nitrogen and oxygen atoms in total. The molecule has 4 rings (SSSR count). The Bertz CT molecular complexity index is 1190. The second kappa shape index (κ2) is 10.6. The summed E-state index contributed by atoms with van der Waals surface area (Å²) >= 11 is 0. The van der Waals surface area contributed by atoms with Gasteiger partial charge in [-0.2, -0.15) is 13.7 Å². The number of phenols is 1. The minimum atomic E-state index is -4.02. The van der Waals surface area contributed by atoms with Crippen LogP contribution in [0.2, 0.25) is 0 Å². The van der Waals surface area contributed by atoms with E-state index in [4.69, 9.17) is 9.81 Å². The van der Waals surface area contributed by atoms with Crippen molar-refractivity contribution in [1.29, 1.82) is 5.26 Å². The van der Waals surface area contributed by atoms with Crippen LogP contribution in [0.15, 0.2) is 41.3 Å². The fourth-order valence-electron chi connectivity index (χ4n) is 4.70. The van der Waals surface area contributed by atoms with E-state index in [-0.39, 0.29) is 28.8 Å². The molecule has 2 aliphatic heterocycles. The SMILES string of the molecule is Cc1ccc(O)c(C)c1[C@@H]1CN[C@H](C(=O)N2CCC[C@H]2C#N)C1.Cc1ccc(S(=O)(=O)O)cc1. The van der Waals surface area contributed by atoms with E-state index < -0.39 is 10.1 Å². The first-order chi connectivity index (χ1) is 16.0. The van der Waals surface area contributed by atoms with Crippen LogP contribution in [0.5, 0.6) is 5.75 Å². The van der Waals surface area contributed by atoms with Crippen LogP contribution in [0.25, 0.3) is 0 Å². The van der Waals surface area contributed by atoms with Gasteiger partial charge in [0.15, 0.2) is 0 Å². The molecule has 0 aromatic heterocycles. The molecule has 0 aliphatic carbocycles. The topological polar surface area (TPSA) is 131 Å². The third-order valence-electron chi connectivity index (χ3n) is 6.55. The van der Waals surface area contributed by atoms with Crippen LogP contribution in [-0.2, 0) is 14.9 Å². The number of carbonyl (C=O) groups excluding carboxylic acids is 1. The van der Waals surface area contributed by atoms with Gasteiger partial charge in [0, 0.05) is 13.1 Å². The number of aryl methyl sites for hydroxylation is 2. The van der Waals surface area contributed by atoms with Crippen molar-refractivity contribution in [3.63, 3.8) is 0 Å². The summed E-state index contributed by atoms with van der Waals surface area (Å²) in [5.41, 5.74) is 4.15.